The Hall–Kier alpha value is -3.18. The summed E-state index contributed by atoms with van der Waals surface area (Å²) < 4.78 is 28.1. The molecule has 12 heteroatoms. The number of sulfonamides is 1. The predicted molar refractivity (Wildman–Crippen MR) is 140 cm³/mol. The zero-order valence-electron chi connectivity index (χ0n) is 19.1. The molecule has 0 aliphatic carbocycles. The Bertz CT molecular complexity index is 1560. The van der Waals surface area contributed by atoms with Crippen molar-refractivity contribution >= 4 is 55.9 Å². The van der Waals surface area contributed by atoms with Crippen LogP contribution in [-0.4, -0.2) is 60.6 Å². The molecule has 1 aliphatic heterocycles. The fraction of sp³-hybridized carbons (Fsp3) is 0.208. The lowest BCUT2D eigenvalue weighted by atomic mass is 10.1. The van der Waals surface area contributed by atoms with Crippen LogP contribution in [0.25, 0.3) is 22.3 Å². The van der Waals surface area contributed by atoms with Crippen molar-refractivity contribution in [3.05, 3.63) is 70.3 Å². The summed E-state index contributed by atoms with van der Waals surface area (Å²) >= 11 is 12.1. The number of carbonyl (C=O) groups is 1. The first-order valence-electron chi connectivity index (χ1n) is 11.1. The second-order valence-electron chi connectivity index (χ2n) is 8.64. The summed E-state index contributed by atoms with van der Waals surface area (Å²) in [6.07, 6.45) is 2.48. The molecule has 186 valence electrons. The number of aromatic nitrogens is 3. The number of fused-ring (bicyclic) bond motifs is 1. The summed E-state index contributed by atoms with van der Waals surface area (Å²) in [5, 5.41) is 10.7. The molecule has 2 aromatic heterocycles. The molecule has 1 unspecified atom stereocenters. The Morgan fingerprint density at radius 2 is 1.94 bits per heavy atom. The van der Waals surface area contributed by atoms with Crippen molar-refractivity contribution in [1.29, 1.82) is 0 Å². The van der Waals surface area contributed by atoms with Gasteiger partial charge in [0, 0.05) is 23.8 Å². The second-order valence-corrected chi connectivity index (χ2v) is 11.1. The van der Waals surface area contributed by atoms with Gasteiger partial charge < -0.3 is 10.2 Å². The van der Waals surface area contributed by atoms with Crippen LogP contribution in [0.2, 0.25) is 10.0 Å². The Morgan fingerprint density at radius 1 is 1.17 bits per heavy atom. The van der Waals surface area contributed by atoms with Gasteiger partial charge in [0.25, 0.3) is 15.9 Å². The SMILES string of the molecule is CN1CCC(NC(=O)c2cc(-c3ccc(NS(=O)(=O)c4cccc(Cl)c4Cl)cc3)nc3[nH]ncc23)C1. The van der Waals surface area contributed by atoms with E-state index in [-0.39, 0.29) is 26.9 Å². The topological polar surface area (TPSA) is 120 Å². The smallest absolute Gasteiger partial charge is 0.263 e. The minimum absolute atomic E-state index is 0.0459. The third-order valence-corrected chi connectivity index (χ3v) is 8.39. The number of carbonyl (C=O) groups excluding carboxylic acids is 1. The first-order valence-corrected chi connectivity index (χ1v) is 13.4. The molecule has 1 saturated heterocycles. The largest absolute Gasteiger partial charge is 0.348 e. The number of amides is 1. The number of hydrogen-bond donors (Lipinski definition) is 3. The molecule has 0 saturated carbocycles. The van der Waals surface area contributed by atoms with Gasteiger partial charge in [0.2, 0.25) is 0 Å². The predicted octanol–water partition coefficient (Wildman–Crippen LogP) is 4.17. The lowest BCUT2D eigenvalue weighted by Gasteiger charge is -2.14. The third kappa shape index (κ3) is 4.90. The van der Waals surface area contributed by atoms with Gasteiger partial charge in [-0.1, -0.05) is 41.4 Å². The van der Waals surface area contributed by atoms with Crippen LogP contribution in [0.1, 0.15) is 16.8 Å². The van der Waals surface area contributed by atoms with E-state index in [2.05, 4.69) is 30.1 Å². The molecule has 1 aliphatic rings. The van der Waals surface area contributed by atoms with Crippen LogP contribution in [0.3, 0.4) is 0 Å². The molecule has 36 heavy (non-hydrogen) atoms. The van der Waals surface area contributed by atoms with Gasteiger partial charge in [0.05, 0.1) is 32.9 Å². The molecule has 3 N–H and O–H groups in total. The van der Waals surface area contributed by atoms with Crippen LogP contribution in [0.5, 0.6) is 0 Å². The number of anilines is 1. The summed E-state index contributed by atoms with van der Waals surface area (Å²) in [5.74, 6) is -0.187. The number of benzene rings is 2. The highest BCUT2D eigenvalue weighted by atomic mass is 35.5. The number of likely N-dealkylation sites (N-methyl/N-ethyl adjacent to an activating group) is 1. The van der Waals surface area contributed by atoms with Gasteiger partial charge in [-0.25, -0.2) is 13.4 Å². The highest BCUT2D eigenvalue weighted by Gasteiger charge is 2.24. The number of rotatable bonds is 6. The number of pyridine rings is 1. The van der Waals surface area contributed by atoms with Gasteiger partial charge in [0.1, 0.15) is 4.90 Å². The van der Waals surface area contributed by atoms with E-state index in [1.54, 1.807) is 36.5 Å². The monoisotopic (exact) mass is 544 g/mol. The minimum atomic E-state index is -3.95. The van der Waals surface area contributed by atoms with Crippen molar-refractivity contribution < 1.29 is 13.2 Å². The Balaban J connectivity index is 1.41. The third-order valence-electron chi connectivity index (χ3n) is 6.03. The van der Waals surface area contributed by atoms with Crippen molar-refractivity contribution in [2.45, 2.75) is 17.4 Å². The lowest BCUT2D eigenvalue weighted by molar-refractivity contribution is 0.0940. The number of nitrogens with zero attached hydrogens (tertiary/aromatic N) is 3. The van der Waals surface area contributed by atoms with Crippen molar-refractivity contribution in [2.24, 2.45) is 0 Å². The van der Waals surface area contributed by atoms with E-state index < -0.39 is 10.0 Å². The highest BCUT2D eigenvalue weighted by Crippen LogP contribution is 2.31. The van der Waals surface area contributed by atoms with E-state index in [9.17, 15) is 13.2 Å². The van der Waals surface area contributed by atoms with Gasteiger partial charge >= 0.3 is 0 Å². The van der Waals surface area contributed by atoms with Crippen molar-refractivity contribution in [3.8, 4) is 11.3 Å². The van der Waals surface area contributed by atoms with Crippen LogP contribution >= 0.6 is 23.2 Å². The molecule has 1 amide bonds. The molecule has 1 atom stereocenters. The van der Waals surface area contributed by atoms with Gasteiger partial charge in [-0.3, -0.25) is 14.6 Å². The van der Waals surface area contributed by atoms with E-state index in [1.807, 2.05) is 7.05 Å². The van der Waals surface area contributed by atoms with Crippen molar-refractivity contribution in [3.63, 3.8) is 0 Å². The van der Waals surface area contributed by atoms with Crippen LogP contribution in [-0.2, 0) is 10.0 Å². The molecular formula is C24H22Cl2N6O3S. The second kappa shape index (κ2) is 9.70. The van der Waals surface area contributed by atoms with Gasteiger partial charge in [0.15, 0.2) is 5.65 Å². The number of halogens is 2. The Morgan fingerprint density at radius 3 is 2.67 bits per heavy atom. The van der Waals surface area contributed by atoms with Crippen LogP contribution in [0, 0.1) is 0 Å². The summed E-state index contributed by atoms with van der Waals surface area (Å²) in [5.41, 5.74) is 2.54. The van der Waals surface area contributed by atoms with E-state index in [0.29, 0.717) is 33.5 Å². The fourth-order valence-electron chi connectivity index (χ4n) is 4.19. The zero-order chi connectivity index (χ0) is 25.4. The number of H-pyrrole nitrogens is 1. The number of hydrogen-bond acceptors (Lipinski definition) is 6. The lowest BCUT2D eigenvalue weighted by Crippen LogP contribution is -2.36. The van der Waals surface area contributed by atoms with Crippen molar-refractivity contribution in [1.82, 2.24) is 25.4 Å². The standard InChI is InChI=1S/C24H22Cl2N6O3S/c1-32-10-9-16(13-32)28-24(33)17-11-20(29-23-18(17)12-27-30-23)14-5-7-15(8-6-14)31-36(34,35)21-4-2-3-19(25)22(21)26/h2-8,11-12,16,31H,9-10,13H2,1H3,(H,28,33)(H,27,29,30). The maximum absolute atomic E-state index is 13.1. The fourth-order valence-corrected chi connectivity index (χ4v) is 6.01. The molecule has 0 radical (unpaired) electrons. The quantitative estimate of drug-likeness (QED) is 0.335. The number of likely N-dealkylation sites (tertiary alicyclic amines) is 1. The molecule has 1 fully saturated rings. The normalized spacial score (nSPS) is 16.4. The van der Waals surface area contributed by atoms with Crippen LogP contribution in [0.4, 0.5) is 5.69 Å². The summed E-state index contributed by atoms with van der Waals surface area (Å²) in [7, 11) is -1.92. The van der Waals surface area contributed by atoms with Gasteiger partial charge in [-0.05, 0) is 50.3 Å². The Labute approximate surface area is 217 Å². The highest BCUT2D eigenvalue weighted by molar-refractivity contribution is 7.92. The molecule has 3 heterocycles. The molecule has 0 bridgehead atoms. The molecular weight excluding hydrogens is 523 g/mol. The van der Waals surface area contributed by atoms with Crippen LogP contribution in [0.15, 0.2) is 59.6 Å². The average Bonchev–Trinajstić information content (AvgIpc) is 3.48. The van der Waals surface area contributed by atoms with E-state index in [4.69, 9.17) is 23.2 Å². The first-order chi connectivity index (χ1) is 17.2. The summed E-state index contributed by atoms with van der Waals surface area (Å²) in [4.78, 5) is 19.8. The Kier molecular flexibility index (Phi) is 6.60. The van der Waals surface area contributed by atoms with E-state index >= 15 is 0 Å². The minimum Gasteiger partial charge on any atom is -0.348 e. The average molecular weight is 545 g/mol. The molecule has 2 aromatic carbocycles. The molecule has 0 spiro atoms. The zero-order valence-corrected chi connectivity index (χ0v) is 21.5. The maximum atomic E-state index is 13.1. The van der Waals surface area contributed by atoms with E-state index in [0.717, 1.165) is 19.5 Å². The summed E-state index contributed by atoms with van der Waals surface area (Å²) in [6.45, 7) is 1.74. The summed E-state index contributed by atoms with van der Waals surface area (Å²) in [6, 6.07) is 12.9. The van der Waals surface area contributed by atoms with Gasteiger partial charge in [-0.2, -0.15) is 5.10 Å². The molecule has 5 rings (SSSR count). The molecule has 9 nitrogen and oxygen atoms in total. The van der Waals surface area contributed by atoms with E-state index in [1.165, 1.54) is 18.2 Å². The van der Waals surface area contributed by atoms with Crippen molar-refractivity contribution in [2.75, 3.05) is 24.9 Å². The maximum Gasteiger partial charge on any atom is 0.263 e. The number of aromatic amines is 1. The molecule has 4 aromatic rings. The first kappa shape index (κ1) is 24.5. The number of nitrogens with one attached hydrogen (secondary N) is 3. The van der Waals surface area contributed by atoms with Crippen LogP contribution < -0.4 is 10.0 Å². The van der Waals surface area contributed by atoms with Gasteiger partial charge in [-0.15, -0.1) is 0 Å².